The third-order valence-electron chi connectivity index (χ3n) is 4.75. The molecule has 0 amide bonds. The minimum Gasteiger partial charge on any atom is -0.309 e. The van der Waals surface area contributed by atoms with Gasteiger partial charge in [0.2, 0.25) is 0 Å². The molecule has 0 fully saturated rings. The number of benzene rings is 2. The zero-order valence-corrected chi connectivity index (χ0v) is 17.6. The Morgan fingerprint density at radius 1 is 0.880 bits per heavy atom. The highest BCUT2D eigenvalue weighted by Crippen LogP contribution is 2.42. The average Bonchev–Trinajstić information content (AvgIpc) is 2.56. The topological polar surface area (TPSA) is 20.3 Å². The normalized spacial score (nSPS) is 12.8. The molecule has 0 aliphatic carbocycles. The van der Waals surface area contributed by atoms with Crippen LogP contribution in [0.3, 0.4) is 0 Å². The van der Waals surface area contributed by atoms with Gasteiger partial charge in [0, 0.05) is 12.5 Å². The standard InChI is InChI=1S/C22H29NO.BrH/c1-17(2)21(24)22(18(3)16-23(4)5,19-12-8-6-9-13-19)20-14-10-7-11-15-20;/h6-15,17-18H,16H2,1-5H3;1H. The minimum absolute atomic E-state index is 0. The van der Waals surface area contributed by atoms with Crippen molar-refractivity contribution in [2.24, 2.45) is 11.8 Å². The maximum atomic E-state index is 13.6. The highest BCUT2D eigenvalue weighted by atomic mass is 79.9. The molecule has 136 valence electrons. The molecule has 0 N–H and O–H groups in total. The third-order valence-corrected chi connectivity index (χ3v) is 4.75. The molecule has 0 saturated carbocycles. The SMILES string of the molecule is Br.CC(C)C(=O)C(c1ccccc1)(c1ccccc1)C(C)CN(C)C. The number of carbonyl (C=O) groups excluding carboxylic acids is 1. The van der Waals surface area contributed by atoms with Crippen LogP contribution in [0.25, 0.3) is 0 Å². The molecule has 2 aromatic carbocycles. The molecule has 2 nitrogen and oxygen atoms in total. The van der Waals surface area contributed by atoms with E-state index in [-0.39, 0.29) is 34.6 Å². The van der Waals surface area contributed by atoms with Crippen LogP contribution >= 0.6 is 17.0 Å². The largest absolute Gasteiger partial charge is 0.309 e. The lowest BCUT2D eigenvalue weighted by molar-refractivity contribution is -0.128. The predicted octanol–water partition coefficient (Wildman–Crippen LogP) is 4.97. The second-order valence-corrected chi connectivity index (χ2v) is 7.22. The maximum absolute atomic E-state index is 13.6. The molecule has 3 heteroatoms. The summed E-state index contributed by atoms with van der Waals surface area (Å²) in [6.45, 7) is 7.05. The molecule has 0 aliphatic rings. The molecule has 0 radical (unpaired) electrons. The number of halogens is 1. The van der Waals surface area contributed by atoms with Crippen molar-refractivity contribution in [3.05, 3.63) is 71.8 Å². The van der Waals surface area contributed by atoms with Crippen LogP contribution in [0, 0.1) is 11.8 Å². The monoisotopic (exact) mass is 403 g/mol. The Morgan fingerprint density at radius 2 is 1.28 bits per heavy atom. The molecule has 2 aromatic rings. The van der Waals surface area contributed by atoms with E-state index in [4.69, 9.17) is 0 Å². The number of hydrogen-bond acceptors (Lipinski definition) is 2. The van der Waals surface area contributed by atoms with Crippen molar-refractivity contribution in [2.45, 2.75) is 26.2 Å². The van der Waals surface area contributed by atoms with Crippen molar-refractivity contribution in [1.82, 2.24) is 4.90 Å². The van der Waals surface area contributed by atoms with E-state index < -0.39 is 5.41 Å². The summed E-state index contributed by atoms with van der Waals surface area (Å²) < 4.78 is 0. The van der Waals surface area contributed by atoms with E-state index in [0.717, 1.165) is 17.7 Å². The fraction of sp³-hybridized carbons (Fsp3) is 0.409. The Hall–Kier alpha value is -1.45. The van der Waals surface area contributed by atoms with Gasteiger partial charge in [-0.1, -0.05) is 81.4 Å². The predicted molar refractivity (Wildman–Crippen MR) is 112 cm³/mol. The average molecular weight is 404 g/mol. The molecular formula is C22H30BrNO. The van der Waals surface area contributed by atoms with Gasteiger partial charge in [0.15, 0.2) is 5.78 Å². The lowest BCUT2D eigenvalue weighted by Crippen LogP contribution is -2.48. The van der Waals surface area contributed by atoms with Gasteiger partial charge in [0.25, 0.3) is 0 Å². The summed E-state index contributed by atoms with van der Waals surface area (Å²) in [7, 11) is 4.13. The van der Waals surface area contributed by atoms with Crippen molar-refractivity contribution < 1.29 is 4.79 Å². The Labute approximate surface area is 163 Å². The Balaban J connectivity index is 0.00000312. The van der Waals surface area contributed by atoms with Crippen LogP contribution in [-0.2, 0) is 10.2 Å². The first-order valence-electron chi connectivity index (χ1n) is 8.70. The fourth-order valence-corrected chi connectivity index (χ4v) is 3.81. The van der Waals surface area contributed by atoms with Gasteiger partial charge < -0.3 is 4.90 Å². The van der Waals surface area contributed by atoms with Crippen LogP contribution in [0.1, 0.15) is 31.9 Å². The van der Waals surface area contributed by atoms with E-state index in [0.29, 0.717) is 0 Å². The van der Waals surface area contributed by atoms with Gasteiger partial charge in [-0.15, -0.1) is 17.0 Å². The van der Waals surface area contributed by atoms with Crippen LogP contribution in [-0.4, -0.2) is 31.3 Å². The third kappa shape index (κ3) is 4.39. The van der Waals surface area contributed by atoms with Gasteiger partial charge >= 0.3 is 0 Å². The van der Waals surface area contributed by atoms with Gasteiger partial charge in [-0.2, -0.15) is 0 Å². The molecule has 25 heavy (non-hydrogen) atoms. The van der Waals surface area contributed by atoms with E-state index in [9.17, 15) is 4.79 Å². The quantitative estimate of drug-likeness (QED) is 0.649. The van der Waals surface area contributed by atoms with E-state index in [1.54, 1.807) is 0 Å². The number of nitrogens with zero attached hydrogens (tertiary/aromatic N) is 1. The summed E-state index contributed by atoms with van der Waals surface area (Å²) in [6.07, 6.45) is 0. The first-order chi connectivity index (χ1) is 11.4. The summed E-state index contributed by atoms with van der Waals surface area (Å²) in [5.74, 6) is 0.413. The first-order valence-corrected chi connectivity index (χ1v) is 8.70. The second-order valence-electron chi connectivity index (χ2n) is 7.22. The van der Waals surface area contributed by atoms with Crippen molar-refractivity contribution in [3.8, 4) is 0 Å². The number of carbonyl (C=O) groups is 1. The van der Waals surface area contributed by atoms with E-state index in [1.807, 2.05) is 50.2 Å². The Bertz CT molecular complexity index is 613. The van der Waals surface area contributed by atoms with Gasteiger partial charge in [-0.05, 0) is 31.1 Å². The summed E-state index contributed by atoms with van der Waals surface area (Å²) in [5.41, 5.74) is 1.55. The molecular weight excluding hydrogens is 374 g/mol. The molecule has 0 heterocycles. The van der Waals surface area contributed by atoms with Crippen molar-refractivity contribution in [3.63, 3.8) is 0 Å². The summed E-state index contributed by atoms with van der Waals surface area (Å²) in [5, 5.41) is 0. The van der Waals surface area contributed by atoms with E-state index in [2.05, 4.69) is 50.2 Å². The van der Waals surface area contributed by atoms with Crippen molar-refractivity contribution in [2.75, 3.05) is 20.6 Å². The molecule has 2 rings (SSSR count). The fourth-order valence-electron chi connectivity index (χ4n) is 3.81. The van der Waals surface area contributed by atoms with Gasteiger partial charge in [0.05, 0.1) is 5.41 Å². The second kappa shape index (κ2) is 9.30. The highest BCUT2D eigenvalue weighted by molar-refractivity contribution is 8.93. The molecule has 1 unspecified atom stereocenters. The number of rotatable bonds is 7. The molecule has 0 aliphatic heterocycles. The van der Waals surface area contributed by atoms with Gasteiger partial charge in [-0.25, -0.2) is 0 Å². The van der Waals surface area contributed by atoms with Crippen LogP contribution in [0.4, 0.5) is 0 Å². The van der Waals surface area contributed by atoms with Crippen LogP contribution in [0.15, 0.2) is 60.7 Å². The summed E-state index contributed by atoms with van der Waals surface area (Å²) in [4.78, 5) is 15.7. The van der Waals surface area contributed by atoms with Crippen LogP contribution < -0.4 is 0 Å². The Morgan fingerprint density at radius 3 is 1.60 bits per heavy atom. The first kappa shape index (κ1) is 21.6. The lowest BCUT2D eigenvalue weighted by atomic mass is 9.61. The number of hydrogen-bond donors (Lipinski definition) is 0. The lowest BCUT2D eigenvalue weighted by Gasteiger charge is -2.41. The number of ketones is 1. The maximum Gasteiger partial charge on any atom is 0.150 e. The van der Waals surface area contributed by atoms with Crippen molar-refractivity contribution >= 4 is 22.8 Å². The highest BCUT2D eigenvalue weighted by Gasteiger charge is 2.46. The summed E-state index contributed by atoms with van der Waals surface area (Å²) >= 11 is 0. The molecule has 0 aromatic heterocycles. The molecule has 1 atom stereocenters. The number of Topliss-reactive ketones (excluding diaryl/α,β-unsaturated/α-hetero) is 1. The van der Waals surface area contributed by atoms with Gasteiger partial charge in [-0.3, -0.25) is 4.79 Å². The van der Waals surface area contributed by atoms with Gasteiger partial charge in [0.1, 0.15) is 0 Å². The van der Waals surface area contributed by atoms with E-state index in [1.165, 1.54) is 0 Å². The summed E-state index contributed by atoms with van der Waals surface area (Å²) in [6, 6.07) is 20.5. The van der Waals surface area contributed by atoms with Crippen LogP contribution in [0.2, 0.25) is 0 Å². The molecule has 0 saturated heterocycles. The molecule has 0 bridgehead atoms. The zero-order valence-electron chi connectivity index (χ0n) is 15.9. The molecule has 0 spiro atoms. The Kier molecular flexibility index (Phi) is 8.04. The van der Waals surface area contributed by atoms with Crippen LogP contribution in [0.5, 0.6) is 0 Å². The minimum atomic E-state index is -0.624. The van der Waals surface area contributed by atoms with E-state index >= 15 is 0 Å². The smallest absolute Gasteiger partial charge is 0.150 e. The van der Waals surface area contributed by atoms with Crippen molar-refractivity contribution in [1.29, 1.82) is 0 Å². The zero-order chi connectivity index (χ0) is 17.7.